The van der Waals surface area contributed by atoms with Gasteiger partial charge in [-0.25, -0.2) is 4.79 Å². The first-order valence-corrected chi connectivity index (χ1v) is 8.62. The van der Waals surface area contributed by atoms with Crippen LogP contribution in [0.4, 0.5) is 0 Å². The van der Waals surface area contributed by atoms with Crippen molar-refractivity contribution in [1.29, 1.82) is 0 Å². The minimum Gasteiger partial charge on any atom is -0.465 e. The number of methoxy groups -OCH3 is 1. The normalized spacial score (nSPS) is 11.4. The van der Waals surface area contributed by atoms with E-state index in [9.17, 15) is 4.79 Å². The first-order valence-electron chi connectivity index (χ1n) is 8.62. The summed E-state index contributed by atoms with van der Waals surface area (Å²) in [4.78, 5) is 12.6. The molecular weight excluding hydrogens is 320 g/mol. The molecule has 0 saturated heterocycles. The van der Waals surface area contributed by atoms with Crippen LogP contribution in [0.5, 0.6) is 0 Å². The Hall–Kier alpha value is -3.39. The topological polar surface area (TPSA) is 26.3 Å². The number of hydrogen-bond acceptors (Lipinski definition) is 2. The first-order chi connectivity index (χ1) is 12.8. The molecule has 2 nitrogen and oxygen atoms in total. The van der Waals surface area contributed by atoms with Crippen LogP contribution in [0.25, 0.3) is 43.1 Å². The summed E-state index contributed by atoms with van der Waals surface area (Å²) < 4.78 is 5.12. The average Bonchev–Trinajstić information content (AvgIpc) is 2.71. The van der Waals surface area contributed by atoms with Gasteiger partial charge in [0.2, 0.25) is 0 Å². The Balaban J connectivity index is 2.09. The van der Waals surface area contributed by atoms with Crippen molar-refractivity contribution in [2.45, 2.75) is 0 Å². The molecule has 0 atom stereocenters. The van der Waals surface area contributed by atoms with E-state index in [1.165, 1.54) is 7.11 Å². The molecule has 0 radical (unpaired) electrons. The second kappa shape index (κ2) is 5.57. The fourth-order valence-corrected chi connectivity index (χ4v) is 3.96. The fraction of sp³-hybridized carbons (Fsp3) is 0.0417. The zero-order valence-corrected chi connectivity index (χ0v) is 14.3. The van der Waals surface area contributed by atoms with Gasteiger partial charge >= 0.3 is 5.97 Å². The Kier molecular flexibility index (Phi) is 3.19. The molecule has 0 aromatic heterocycles. The summed E-state index contributed by atoms with van der Waals surface area (Å²) in [5.41, 5.74) is 0.614. The zero-order chi connectivity index (χ0) is 17.7. The van der Waals surface area contributed by atoms with E-state index in [-0.39, 0.29) is 5.97 Å². The minimum atomic E-state index is -0.304. The summed E-state index contributed by atoms with van der Waals surface area (Å²) in [5, 5.41) is 8.75. The molecule has 5 aromatic rings. The SMILES string of the molecule is COC(=O)c1cc2c3ccccc3ccc2c2ccc3ccccc3c12. The van der Waals surface area contributed by atoms with Crippen molar-refractivity contribution < 1.29 is 9.53 Å². The third kappa shape index (κ3) is 2.02. The van der Waals surface area contributed by atoms with Crippen molar-refractivity contribution in [2.75, 3.05) is 7.11 Å². The zero-order valence-electron chi connectivity index (χ0n) is 14.3. The summed E-state index contributed by atoms with van der Waals surface area (Å²) in [7, 11) is 1.44. The highest BCUT2D eigenvalue weighted by Gasteiger charge is 2.17. The van der Waals surface area contributed by atoms with Gasteiger partial charge in [0.1, 0.15) is 0 Å². The number of carbonyl (C=O) groups excluding carboxylic acids is 1. The van der Waals surface area contributed by atoms with Gasteiger partial charge < -0.3 is 4.74 Å². The summed E-state index contributed by atoms with van der Waals surface area (Å²) in [6.45, 7) is 0. The maximum absolute atomic E-state index is 12.6. The molecule has 124 valence electrons. The molecule has 0 fully saturated rings. The molecule has 0 heterocycles. The van der Waals surface area contributed by atoms with Crippen molar-refractivity contribution in [3.8, 4) is 0 Å². The van der Waals surface area contributed by atoms with E-state index in [1.54, 1.807) is 0 Å². The number of benzene rings is 5. The van der Waals surface area contributed by atoms with Crippen LogP contribution in [0.1, 0.15) is 10.4 Å². The standard InChI is InChI=1S/C24H16O2/c1-26-24(25)22-14-21-17-8-4-2-6-15(17)10-12-19(21)20-13-11-16-7-3-5-9-18(16)23(20)22/h2-14H,1H3. The molecule has 0 bridgehead atoms. The van der Waals surface area contributed by atoms with Crippen LogP contribution >= 0.6 is 0 Å². The Morgan fingerprint density at radius 1 is 0.654 bits per heavy atom. The highest BCUT2D eigenvalue weighted by molar-refractivity contribution is 6.27. The lowest BCUT2D eigenvalue weighted by atomic mass is 9.91. The second-order valence-corrected chi connectivity index (χ2v) is 6.51. The molecule has 26 heavy (non-hydrogen) atoms. The van der Waals surface area contributed by atoms with Gasteiger partial charge in [-0.05, 0) is 43.8 Å². The number of ether oxygens (including phenoxy) is 1. The molecule has 0 amide bonds. The first kappa shape index (κ1) is 14.9. The van der Waals surface area contributed by atoms with Crippen molar-refractivity contribution in [2.24, 2.45) is 0 Å². The van der Waals surface area contributed by atoms with Crippen LogP contribution in [0.2, 0.25) is 0 Å². The Morgan fingerprint density at radius 2 is 1.27 bits per heavy atom. The smallest absolute Gasteiger partial charge is 0.338 e. The van der Waals surface area contributed by atoms with E-state index in [4.69, 9.17) is 4.74 Å². The monoisotopic (exact) mass is 336 g/mol. The van der Waals surface area contributed by atoms with Crippen molar-refractivity contribution >= 4 is 49.1 Å². The lowest BCUT2D eigenvalue weighted by Gasteiger charge is -2.13. The van der Waals surface area contributed by atoms with Crippen molar-refractivity contribution in [3.63, 3.8) is 0 Å². The third-order valence-corrected chi connectivity index (χ3v) is 5.15. The third-order valence-electron chi connectivity index (χ3n) is 5.15. The molecular formula is C24H16O2. The summed E-state index contributed by atoms with van der Waals surface area (Å²) >= 11 is 0. The molecule has 0 aliphatic rings. The van der Waals surface area contributed by atoms with Gasteiger partial charge in [-0.1, -0.05) is 72.8 Å². The quantitative estimate of drug-likeness (QED) is 0.274. The van der Waals surface area contributed by atoms with Gasteiger partial charge in [-0.3, -0.25) is 0 Å². The predicted octanol–water partition coefficient (Wildman–Crippen LogP) is 6.09. The fourth-order valence-electron chi connectivity index (χ4n) is 3.96. The molecule has 5 rings (SSSR count). The van der Waals surface area contributed by atoms with E-state index < -0.39 is 0 Å². The molecule has 0 saturated carbocycles. The van der Waals surface area contributed by atoms with Gasteiger partial charge in [-0.2, -0.15) is 0 Å². The van der Waals surface area contributed by atoms with Crippen LogP contribution in [0.15, 0.2) is 78.9 Å². The average molecular weight is 336 g/mol. The molecule has 0 aliphatic carbocycles. The molecule has 2 heteroatoms. The highest BCUT2D eigenvalue weighted by atomic mass is 16.5. The minimum absolute atomic E-state index is 0.304. The van der Waals surface area contributed by atoms with Crippen LogP contribution in [0.3, 0.4) is 0 Å². The van der Waals surface area contributed by atoms with Crippen molar-refractivity contribution in [1.82, 2.24) is 0 Å². The summed E-state index contributed by atoms with van der Waals surface area (Å²) in [6.07, 6.45) is 0. The number of carbonyl (C=O) groups is 1. The lowest BCUT2D eigenvalue weighted by molar-refractivity contribution is 0.0603. The Bertz CT molecular complexity index is 1330. The molecule has 5 aromatic carbocycles. The van der Waals surface area contributed by atoms with Gasteiger partial charge in [0.25, 0.3) is 0 Å². The molecule has 0 spiro atoms. The van der Waals surface area contributed by atoms with Gasteiger partial charge in [-0.15, -0.1) is 0 Å². The van der Waals surface area contributed by atoms with Crippen molar-refractivity contribution in [3.05, 3.63) is 84.4 Å². The van der Waals surface area contributed by atoms with Crippen LogP contribution in [0, 0.1) is 0 Å². The summed E-state index contributed by atoms with van der Waals surface area (Å²) in [5.74, 6) is -0.304. The van der Waals surface area contributed by atoms with Gasteiger partial charge in [0.05, 0.1) is 12.7 Å². The van der Waals surface area contributed by atoms with Crippen LogP contribution in [-0.2, 0) is 4.74 Å². The highest BCUT2D eigenvalue weighted by Crippen LogP contribution is 2.37. The largest absolute Gasteiger partial charge is 0.465 e. The Morgan fingerprint density at radius 3 is 2.00 bits per heavy atom. The van der Waals surface area contributed by atoms with E-state index in [1.807, 2.05) is 30.3 Å². The lowest BCUT2D eigenvalue weighted by Crippen LogP contribution is -2.03. The number of rotatable bonds is 1. The van der Waals surface area contributed by atoms with Crippen LogP contribution in [-0.4, -0.2) is 13.1 Å². The molecule has 0 N–H and O–H groups in total. The molecule has 0 aliphatic heterocycles. The van der Waals surface area contributed by atoms with E-state index in [2.05, 4.69) is 48.5 Å². The number of esters is 1. The Labute approximate surface area is 150 Å². The number of fused-ring (bicyclic) bond motifs is 7. The maximum Gasteiger partial charge on any atom is 0.338 e. The molecule has 0 unspecified atom stereocenters. The summed E-state index contributed by atoms with van der Waals surface area (Å²) in [6, 6.07) is 26.9. The van der Waals surface area contributed by atoms with Gasteiger partial charge in [0.15, 0.2) is 0 Å². The van der Waals surface area contributed by atoms with E-state index in [0.29, 0.717) is 5.56 Å². The van der Waals surface area contributed by atoms with Crippen LogP contribution < -0.4 is 0 Å². The second-order valence-electron chi connectivity index (χ2n) is 6.51. The van der Waals surface area contributed by atoms with E-state index >= 15 is 0 Å². The predicted molar refractivity (Wildman–Crippen MR) is 108 cm³/mol. The number of hydrogen-bond donors (Lipinski definition) is 0. The van der Waals surface area contributed by atoms with Gasteiger partial charge in [0, 0.05) is 5.39 Å². The maximum atomic E-state index is 12.6. The van der Waals surface area contributed by atoms with E-state index in [0.717, 1.165) is 43.1 Å².